The van der Waals surface area contributed by atoms with Gasteiger partial charge in [-0.3, -0.25) is 0 Å². The number of benzene rings is 1. The van der Waals surface area contributed by atoms with Gasteiger partial charge in [0.1, 0.15) is 12.4 Å². The molecule has 19 heavy (non-hydrogen) atoms. The molecule has 2 nitrogen and oxygen atoms in total. The van der Waals surface area contributed by atoms with Gasteiger partial charge in [-0.2, -0.15) is 0 Å². The Morgan fingerprint density at radius 1 is 1.21 bits per heavy atom. The van der Waals surface area contributed by atoms with Gasteiger partial charge >= 0.3 is 0 Å². The third-order valence-electron chi connectivity index (χ3n) is 2.25. The van der Waals surface area contributed by atoms with Crippen molar-refractivity contribution in [1.29, 1.82) is 0 Å². The number of nitrogens with one attached hydrogen (secondary N) is 1. The molecule has 0 unspecified atom stereocenters. The lowest BCUT2D eigenvalue weighted by molar-refractivity contribution is 0.337. The zero-order valence-corrected chi connectivity index (χ0v) is 17.8. The van der Waals surface area contributed by atoms with E-state index in [4.69, 9.17) is 4.74 Å². The van der Waals surface area contributed by atoms with Crippen LogP contribution in [0.2, 0.25) is 0 Å². The van der Waals surface area contributed by atoms with Gasteiger partial charge in [-0.1, -0.05) is 6.58 Å². The van der Waals surface area contributed by atoms with Crippen LogP contribution < -0.4 is 10.1 Å². The quantitative estimate of drug-likeness (QED) is 0.389. The zero-order valence-electron chi connectivity index (χ0n) is 11.3. The Labute approximate surface area is 156 Å². The van der Waals surface area contributed by atoms with Crippen LogP contribution in [0, 0.1) is 10.7 Å². The lowest BCUT2D eigenvalue weighted by atomic mass is 10.1. The molecule has 1 aromatic rings. The van der Waals surface area contributed by atoms with Gasteiger partial charge in [0.05, 0.1) is 7.14 Å². The van der Waals surface area contributed by atoms with E-state index in [2.05, 4.69) is 113 Å². The summed E-state index contributed by atoms with van der Waals surface area (Å²) in [6, 6.07) is 4.24. The second-order valence-corrected chi connectivity index (χ2v) is 8.91. The van der Waals surface area contributed by atoms with Gasteiger partial charge in [0.15, 0.2) is 0 Å². The van der Waals surface area contributed by atoms with Crippen molar-refractivity contribution in [3.05, 3.63) is 35.0 Å². The van der Waals surface area contributed by atoms with Crippen LogP contribution in [0.5, 0.6) is 5.75 Å². The first-order valence-corrected chi connectivity index (χ1v) is 9.11. The monoisotopic (exact) mass is 597 g/mol. The second-order valence-electron chi connectivity index (χ2n) is 5.34. The smallest absolute Gasteiger partial charge is 0.146 e. The highest BCUT2D eigenvalue weighted by atomic mass is 127. The molecule has 0 heterocycles. The minimum atomic E-state index is 0.106. The Morgan fingerprint density at radius 3 is 2.21 bits per heavy atom. The molecule has 0 bridgehead atoms. The molecule has 106 valence electrons. The summed E-state index contributed by atoms with van der Waals surface area (Å²) >= 11 is 6.94. The van der Waals surface area contributed by atoms with Gasteiger partial charge in [0, 0.05) is 15.7 Å². The Morgan fingerprint density at radius 2 is 1.74 bits per heavy atom. The molecule has 0 fully saturated rings. The molecular weight excluding hydrogens is 579 g/mol. The topological polar surface area (TPSA) is 21.3 Å². The molecule has 0 atom stereocenters. The first-order chi connectivity index (χ1) is 8.69. The zero-order chi connectivity index (χ0) is 14.6. The van der Waals surface area contributed by atoms with E-state index in [-0.39, 0.29) is 5.54 Å². The van der Waals surface area contributed by atoms with Gasteiger partial charge in [-0.15, -0.1) is 0 Å². The number of ether oxygens (including phenoxy) is 1. The van der Waals surface area contributed by atoms with Crippen LogP contribution in [-0.4, -0.2) is 18.7 Å². The molecule has 0 spiro atoms. The maximum atomic E-state index is 5.89. The van der Waals surface area contributed by atoms with Crippen LogP contribution >= 0.6 is 67.8 Å². The van der Waals surface area contributed by atoms with Crippen molar-refractivity contribution >= 4 is 67.8 Å². The summed E-state index contributed by atoms with van der Waals surface area (Å²) in [6.45, 7) is 11.8. The van der Waals surface area contributed by atoms with E-state index in [0.717, 1.165) is 25.0 Å². The van der Waals surface area contributed by atoms with Crippen molar-refractivity contribution in [3.8, 4) is 5.75 Å². The number of halogens is 3. The molecule has 0 radical (unpaired) electrons. The molecule has 0 amide bonds. The lowest BCUT2D eigenvalue weighted by Crippen LogP contribution is -2.37. The fraction of sp³-hybridized carbons (Fsp3) is 0.429. The highest BCUT2D eigenvalue weighted by Crippen LogP contribution is 2.29. The van der Waals surface area contributed by atoms with Crippen LogP contribution in [0.4, 0.5) is 0 Å². The molecule has 1 N–H and O–H groups in total. The summed E-state index contributed by atoms with van der Waals surface area (Å²) in [7, 11) is 0. The summed E-state index contributed by atoms with van der Waals surface area (Å²) in [5.74, 6) is 0.957. The lowest BCUT2D eigenvalue weighted by Gasteiger charge is -2.21. The SMILES string of the molecule is C=C(CNC(C)(C)C)COc1c(I)cc(I)cc1I. The van der Waals surface area contributed by atoms with Crippen LogP contribution in [0.1, 0.15) is 20.8 Å². The van der Waals surface area contributed by atoms with Crippen molar-refractivity contribution in [2.45, 2.75) is 26.3 Å². The maximum absolute atomic E-state index is 5.89. The minimum Gasteiger partial charge on any atom is -0.487 e. The molecule has 0 aromatic heterocycles. The van der Waals surface area contributed by atoms with Crippen LogP contribution in [-0.2, 0) is 0 Å². The Kier molecular flexibility index (Phi) is 7.36. The first-order valence-electron chi connectivity index (χ1n) is 5.88. The molecule has 0 aliphatic rings. The van der Waals surface area contributed by atoms with E-state index >= 15 is 0 Å². The van der Waals surface area contributed by atoms with E-state index in [9.17, 15) is 0 Å². The summed E-state index contributed by atoms with van der Waals surface area (Å²) in [4.78, 5) is 0. The first kappa shape index (κ1) is 18.0. The summed E-state index contributed by atoms with van der Waals surface area (Å²) in [5.41, 5.74) is 1.16. The van der Waals surface area contributed by atoms with Gasteiger partial charge in [0.2, 0.25) is 0 Å². The van der Waals surface area contributed by atoms with Gasteiger partial charge in [-0.05, 0) is 106 Å². The maximum Gasteiger partial charge on any atom is 0.146 e. The second kappa shape index (κ2) is 7.79. The standard InChI is InChI=1S/C14H18I3NO/c1-9(7-18-14(2,3)4)8-19-13-11(16)5-10(15)6-12(13)17/h5-6,18H,1,7-8H2,2-4H3. The van der Waals surface area contributed by atoms with Crippen LogP contribution in [0.25, 0.3) is 0 Å². The molecule has 1 rings (SSSR count). The minimum absolute atomic E-state index is 0.106. The van der Waals surface area contributed by atoms with Crippen molar-refractivity contribution < 1.29 is 4.74 Å². The summed E-state index contributed by atoms with van der Waals surface area (Å²) in [6.07, 6.45) is 0. The Balaban J connectivity index is 2.56. The molecular formula is C14H18I3NO. The normalized spacial score (nSPS) is 11.5. The fourth-order valence-corrected chi connectivity index (χ4v) is 5.18. The number of rotatable bonds is 5. The number of hydrogen-bond acceptors (Lipinski definition) is 2. The van der Waals surface area contributed by atoms with E-state index in [0.29, 0.717) is 6.61 Å². The third-order valence-corrected chi connectivity index (χ3v) is 4.48. The highest BCUT2D eigenvalue weighted by Gasteiger charge is 2.11. The molecule has 0 aliphatic heterocycles. The summed E-state index contributed by atoms with van der Waals surface area (Å²) < 4.78 is 9.41. The van der Waals surface area contributed by atoms with E-state index in [1.165, 1.54) is 3.57 Å². The van der Waals surface area contributed by atoms with Crippen molar-refractivity contribution in [3.63, 3.8) is 0 Å². The third kappa shape index (κ3) is 6.94. The van der Waals surface area contributed by atoms with Crippen molar-refractivity contribution in [2.24, 2.45) is 0 Å². The number of hydrogen-bond donors (Lipinski definition) is 1. The average Bonchev–Trinajstić information content (AvgIpc) is 2.23. The Hall–Kier alpha value is 0.910. The van der Waals surface area contributed by atoms with Crippen molar-refractivity contribution in [2.75, 3.05) is 13.2 Å². The van der Waals surface area contributed by atoms with Gasteiger partial charge in [0.25, 0.3) is 0 Å². The predicted octanol–water partition coefficient (Wildman–Crippen LogP) is 4.82. The van der Waals surface area contributed by atoms with Gasteiger partial charge in [-0.25, -0.2) is 0 Å². The van der Waals surface area contributed by atoms with Crippen LogP contribution in [0.15, 0.2) is 24.3 Å². The molecule has 0 saturated carbocycles. The average molecular weight is 597 g/mol. The van der Waals surface area contributed by atoms with E-state index in [1.807, 2.05) is 0 Å². The molecule has 0 saturated heterocycles. The highest BCUT2D eigenvalue weighted by molar-refractivity contribution is 14.1. The summed E-state index contributed by atoms with van der Waals surface area (Å²) in [5, 5.41) is 3.41. The Bertz CT molecular complexity index is 443. The van der Waals surface area contributed by atoms with E-state index < -0.39 is 0 Å². The molecule has 0 aliphatic carbocycles. The molecule has 1 aromatic carbocycles. The van der Waals surface area contributed by atoms with Gasteiger partial charge < -0.3 is 10.1 Å². The van der Waals surface area contributed by atoms with E-state index in [1.54, 1.807) is 0 Å². The fourth-order valence-electron chi connectivity index (χ4n) is 1.28. The largest absolute Gasteiger partial charge is 0.487 e. The van der Waals surface area contributed by atoms with Crippen LogP contribution in [0.3, 0.4) is 0 Å². The predicted molar refractivity (Wildman–Crippen MR) is 107 cm³/mol. The molecule has 5 heteroatoms. The van der Waals surface area contributed by atoms with Crippen molar-refractivity contribution in [1.82, 2.24) is 5.32 Å².